The van der Waals surface area contributed by atoms with Gasteiger partial charge in [-0.1, -0.05) is 6.07 Å². The van der Waals surface area contributed by atoms with Crippen LogP contribution >= 0.6 is 11.3 Å². The standard InChI is InChI=1S/C15H21N5S/c1-12-11-21-14(20-12)7-5-9-18-15(16-2)19-10-13-6-3-4-8-17-13/h3-4,6,8,11H,5,7,9-10H2,1-2H3,(H2,16,18,19). The number of aryl methyl sites for hydroxylation is 2. The molecule has 0 aliphatic carbocycles. The average Bonchev–Trinajstić information content (AvgIpc) is 2.93. The number of hydrogen-bond donors (Lipinski definition) is 2. The third-order valence-corrected chi connectivity index (χ3v) is 3.94. The average molecular weight is 303 g/mol. The van der Waals surface area contributed by atoms with Gasteiger partial charge in [0.25, 0.3) is 0 Å². The zero-order valence-electron chi connectivity index (χ0n) is 12.5. The van der Waals surface area contributed by atoms with Gasteiger partial charge in [-0.3, -0.25) is 9.98 Å². The van der Waals surface area contributed by atoms with Crippen LogP contribution in [0, 0.1) is 6.92 Å². The number of guanidine groups is 1. The van der Waals surface area contributed by atoms with E-state index in [2.05, 4.69) is 31.0 Å². The Hall–Kier alpha value is -1.95. The van der Waals surface area contributed by atoms with Crippen LogP contribution in [0.1, 0.15) is 22.8 Å². The van der Waals surface area contributed by atoms with Crippen molar-refractivity contribution in [2.75, 3.05) is 13.6 Å². The molecule has 2 aromatic rings. The maximum Gasteiger partial charge on any atom is 0.191 e. The molecule has 0 atom stereocenters. The van der Waals surface area contributed by atoms with Crippen LogP contribution in [0.3, 0.4) is 0 Å². The topological polar surface area (TPSA) is 62.2 Å². The summed E-state index contributed by atoms with van der Waals surface area (Å²) in [6.07, 6.45) is 3.84. The number of aliphatic imine (C=N–C) groups is 1. The molecule has 2 rings (SSSR count). The molecule has 21 heavy (non-hydrogen) atoms. The van der Waals surface area contributed by atoms with Crippen LogP contribution < -0.4 is 10.6 Å². The lowest BCUT2D eigenvalue weighted by atomic mass is 10.3. The van der Waals surface area contributed by atoms with Gasteiger partial charge in [-0.25, -0.2) is 4.98 Å². The first-order chi connectivity index (χ1) is 10.3. The molecule has 0 radical (unpaired) electrons. The van der Waals surface area contributed by atoms with Crippen molar-refractivity contribution in [3.05, 3.63) is 46.2 Å². The van der Waals surface area contributed by atoms with E-state index >= 15 is 0 Å². The van der Waals surface area contributed by atoms with Crippen molar-refractivity contribution in [3.63, 3.8) is 0 Å². The number of thiazole rings is 1. The van der Waals surface area contributed by atoms with Crippen LogP contribution in [0.15, 0.2) is 34.8 Å². The summed E-state index contributed by atoms with van der Waals surface area (Å²) in [5, 5.41) is 9.85. The van der Waals surface area contributed by atoms with Gasteiger partial charge >= 0.3 is 0 Å². The van der Waals surface area contributed by atoms with Gasteiger partial charge in [-0.15, -0.1) is 11.3 Å². The van der Waals surface area contributed by atoms with Crippen LogP contribution in [0.25, 0.3) is 0 Å². The second-order valence-electron chi connectivity index (χ2n) is 4.66. The van der Waals surface area contributed by atoms with E-state index in [-0.39, 0.29) is 0 Å². The van der Waals surface area contributed by atoms with Crippen LogP contribution in [-0.2, 0) is 13.0 Å². The minimum atomic E-state index is 0.673. The highest BCUT2D eigenvalue weighted by Gasteiger charge is 2.01. The number of nitrogens with one attached hydrogen (secondary N) is 2. The molecule has 0 aromatic carbocycles. The number of aromatic nitrogens is 2. The molecule has 6 heteroatoms. The molecule has 2 aromatic heterocycles. The van der Waals surface area contributed by atoms with Gasteiger partial charge in [0, 0.05) is 37.3 Å². The minimum Gasteiger partial charge on any atom is -0.356 e. The normalized spacial score (nSPS) is 11.4. The van der Waals surface area contributed by atoms with E-state index in [1.807, 2.05) is 25.1 Å². The van der Waals surface area contributed by atoms with Crippen LogP contribution in [0.2, 0.25) is 0 Å². The predicted molar refractivity (Wildman–Crippen MR) is 87.6 cm³/mol. The highest BCUT2D eigenvalue weighted by atomic mass is 32.1. The molecule has 112 valence electrons. The van der Waals surface area contributed by atoms with E-state index in [9.17, 15) is 0 Å². The molecule has 0 aliphatic rings. The number of hydrogen-bond acceptors (Lipinski definition) is 4. The van der Waals surface area contributed by atoms with Gasteiger partial charge in [-0.05, 0) is 25.5 Å². The fourth-order valence-corrected chi connectivity index (χ4v) is 2.68. The van der Waals surface area contributed by atoms with Crippen LogP contribution in [0.5, 0.6) is 0 Å². The maximum absolute atomic E-state index is 4.46. The Kier molecular flexibility index (Phi) is 6.15. The monoisotopic (exact) mass is 303 g/mol. The van der Waals surface area contributed by atoms with Gasteiger partial charge in [0.2, 0.25) is 0 Å². The molecule has 0 saturated carbocycles. The van der Waals surface area contributed by atoms with Crippen molar-refractivity contribution in [2.45, 2.75) is 26.3 Å². The first-order valence-corrected chi connectivity index (χ1v) is 7.91. The summed E-state index contributed by atoms with van der Waals surface area (Å²) in [4.78, 5) is 12.9. The summed E-state index contributed by atoms with van der Waals surface area (Å²) < 4.78 is 0. The lowest BCUT2D eigenvalue weighted by Gasteiger charge is -2.11. The molecular formula is C15H21N5S. The predicted octanol–water partition coefficient (Wildman–Crippen LogP) is 2.14. The van der Waals surface area contributed by atoms with E-state index in [0.717, 1.165) is 36.7 Å². The second kappa shape index (κ2) is 8.36. The van der Waals surface area contributed by atoms with E-state index in [4.69, 9.17) is 0 Å². The number of rotatable bonds is 6. The van der Waals surface area contributed by atoms with Crippen molar-refractivity contribution in [1.29, 1.82) is 0 Å². The molecule has 0 saturated heterocycles. The van der Waals surface area contributed by atoms with Crippen molar-refractivity contribution in [2.24, 2.45) is 4.99 Å². The molecule has 0 fully saturated rings. The molecule has 0 bridgehead atoms. The third-order valence-electron chi connectivity index (χ3n) is 2.91. The first-order valence-electron chi connectivity index (χ1n) is 7.03. The fourth-order valence-electron chi connectivity index (χ4n) is 1.86. The Morgan fingerprint density at radius 3 is 2.90 bits per heavy atom. The summed E-state index contributed by atoms with van der Waals surface area (Å²) in [5.74, 6) is 0.802. The van der Waals surface area contributed by atoms with Gasteiger partial charge < -0.3 is 10.6 Å². The Bertz CT molecular complexity index is 564. The maximum atomic E-state index is 4.46. The van der Waals surface area contributed by atoms with E-state index < -0.39 is 0 Å². The summed E-state index contributed by atoms with van der Waals surface area (Å²) in [6, 6.07) is 5.89. The van der Waals surface area contributed by atoms with Crippen molar-refractivity contribution in [1.82, 2.24) is 20.6 Å². The third kappa shape index (κ3) is 5.51. The molecular weight excluding hydrogens is 282 g/mol. The Morgan fingerprint density at radius 1 is 1.33 bits per heavy atom. The minimum absolute atomic E-state index is 0.673. The van der Waals surface area contributed by atoms with Gasteiger partial charge in [0.05, 0.1) is 17.2 Å². The second-order valence-corrected chi connectivity index (χ2v) is 5.60. The molecule has 0 unspecified atom stereocenters. The molecule has 0 aliphatic heterocycles. The summed E-state index contributed by atoms with van der Waals surface area (Å²) >= 11 is 1.73. The summed E-state index contributed by atoms with van der Waals surface area (Å²) in [5.41, 5.74) is 2.11. The Labute approximate surface area is 129 Å². The van der Waals surface area contributed by atoms with Gasteiger partial charge in [-0.2, -0.15) is 0 Å². The highest BCUT2D eigenvalue weighted by Crippen LogP contribution is 2.10. The zero-order valence-corrected chi connectivity index (χ0v) is 13.3. The van der Waals surface area contributed by atoms with E-state index in [1.54, 1.807) is 24.6 Å². The summed E-state index contributed by atoms with van der Waals surface area (Å²) in [7, 11) is 1.78. The Morgan fingerprint density at radius 2 is 2.24 bits per heavy atom. The lowest BCUT2D eigenvalue weighted by Crippen LogP contribution is -2.37. The van der Waals surface area contributed by atoms with E-state index in [0.29, 0.717) is 6.54 Å². The zero-order chi connectivity index (χ0) is 14.9. The van der Waals surface area contributed by atoms with Crippen molar-refractivity contribution < 1.29 is 0 Å². The summed E-state index contributed by atoms with van der Waals surface area (Å²) in [6.45, 7) is 3.58. The van der Waals surface area contributed by atoms with Gasteiger partial charge in [0.15, 0.2) is 5.96 Å². The molecule has 0 amide bonds. The van der Waals surface area contributed by atoms with Crippen LogP contribution in [0.4, 0.5) is 0 Å². The fraction of sp³-hybridized carbons (Fsp3) is 0.400. The molecule has 2 N–H and O–H groups in total. The van der Waals surface area contributed by atoms with Crippen molar-refractivity contribution in [3.8, 4) is 0 Å². The molecule has 0 spiro atoms. The number of nitrogens with zero attached hydrogens (tertiary/aromatic N) is 3. The first kappa shape index (κ1) is 15.4. The van der Waals surface area contributed by atoms with E-state index in [1.165, 1.54) is 5.01 Å². The molecule has 5 nitrogen and oxygen atoms in total. The quantitative estimate of drug-likeness (QED) is 0.487. The SMILES string of the molecule is CN=C(NCCCc1nc(C)cs1)NCc1ccccn1. The largest absolute Gasteiger partial charge is 0.356 e. The van der Waals surface area contributed by atoms with Crippen molar-refractivity contribution >= 4 is 17.3 Å². The lowest BCUT2D eigenvalue weighted by molar-refractivity contribution is 0.735. The smallest absolute Gasteiger partial charge is 0.191 e. The Balaban J connectivity index is 1.66. The highest BCUT2D eigenvalue weighted by molar-refractivity contribution is 7.09. The van der Waals surface area contributed by atoms with Crippen LogP contribution in [-0.4, -0.2) is 29.5 Å². The van der Waals surface area contributed by atoms with Gasteiger partial charge in [0.1, 0.15) is 0 Å². The molecule has 2 heterocycles. The number of pyridine rings is 1.